The fraction of sp³-hybridized carbons (Fsp3) is 0.111. The van der Waals surface area contributed by atoms with Crippen LogP contribution >= 0.6 is 11.6 Å². The molecule has 0 aromatic heterocycles. The van der Waals surface area contributed by atoms with Crippen LogP contribution in [0, 0.1) is 5.41 Å². The molecule has 4 heteroatoms. The molecule has 0 aliphatic rings. The van der Waals surface area contributed by atoms with Gasteiger partial charge >= 0.3 is 5.97 Å². The lowest BCUT2D eigenvalue weighted by molar-refractivity contribution is 0.0697. The maximum absolute atomic E-state index is 10.6. The minimum absolute atomic E-state index is 0.0843. The molecule has 3 nitrogen and oxygen atoms in total. The van der Waals surface area contributed by atoms with Crippen molar-refractivity contribution in [1.82, 2.24) is 0 Å². The van der Waals surface area contributed by atoms with Crippen LogP contribution in [-0.4, -0.2) is 17.3 Å². The monoisotopic (exact) mass is 197 g/mol. The Hall–Kier alpha value is -1.35. The van der Waals surface area contributed by atoms with E-state index in [1.165, 1.54) is 12.3 Å². The van der Waals surface area contributed by atoms with Crippen LogP contribution in [0.25, 0.3) is 0 Å². The molecule has 0 aliphatic heterocycles. The second kappa shape index (κ2) is 4.05. The smallest absolute Gasteiger partial charge is 0.337 e. The Morgan fingerprint density at radius 3 is 2.85 bits per heavy atom. The zero-order chi connectivity index (χ0) is 9.84. The summed E-state index contributed by atoms with van der Waals surface area (Å²) in [4.78, 5) is 10.6. The highest BCUT2D eigenvalue weighted by molar-refractivity contribution is 6.34. The third kappa shape index (κ3) is 2.06. The minimum atomic E-state index is -1.04. The number of nitrogens with one attached hydrogen (secondary N) is 1. The van der Waals surface area contributed by atoms with Crippen molar-refractivity contribution in [2.24, 2.45) is 0 Å². The van der Waals surface area contributed by atoms with Crippen LogP contribution in [0.2, 0.25) is 5.02 Å². The van der Waals surface area contributed by atoms with E-state index in [0.717, 1.165) is 0 Å². The number of carbonyl (C=O) groups is 1. The summed E-state index contributed by atoms with van der Waals surface area (Å²) >= 11 is 5.80. The van der Waals surface area contributed by atoms with E-state index in [1.54, 1.807) is 12.1 Å². The standard InChI is InChI=1S/C9H8ClNO2/c10-8-6(4-5-11)2-1-3-7(8)9(12)13/h1-3,5,11H,4H2,(H,12,13). The normalized spacial score (nSPS) is 9.62. The Morgan fingerprint density at radius 1 is 1.62 bits per heavy atom. The van der Waals surface area contributed by atoms with Crippen LogP contribution in [0.1, 0.15) is 15.9 Å². The van der Waals surface area contributed by atoms with Crippen LogP contribution in [-0.2, 0) is 6.42 Å². The lowest BCUT2D eigenvalue weighted by Crippen LogP contribution is -1.99. The van der Waals surface area contributed by atoms with E-state index in [2.05, 4.69) is 0 Å². The zero-order valence-corrected chi connectivity index (χ0v) is 7.51. The molecule has 2 N–H and O–H groups in total. The molecule has 0 saturated heterocycles. The third-order valence-electron chi connectivity index (χ3n) is 1.63. The number of carboxylic acids is 1. The largest absolute Gasteiger partial charge is 0.478 e. The molecule has 0 radical (unpaired) electrons. The minimum Gasteiger partial charge on any atom is -0.478 e. The number of rotatable bonds is 3. The van der Waals surface area contributed by atoms with E-state index in [4.69, 9.17) is 22.1 Å². The van der Waals surface area contributed by atoms with Gasteiger partial charge in [0, 0.05) is 6.42 Å². The molecule has 0 bridgehead atoms. The molecule has 0 saturated carbocycles. The summed E-state index contributed by atoms with van der Waals surface area (Å²) < 4.78 is 0. The molecule has 1 rings (SSSR count). The molecule has 0 fully saturated rings. The summed E-state index contributed by atoms with van der Waals surface area (Å²) in [7, 11) is 0. The fourth-order valence-corrected chi connectivity index (χ4v) is 1.30. The van der Waals surface area contributed by atoms with Crippen molar-refractivity contribution in [3.05, 3.63) is 34.3 Å². The summed E-state index contributed by atoms with van der Waals surface area (Å²) in [5.41, 5.74) is 0.748. The van der Waals surface area contributed by atoms with Crippen LogP contribution in [0.15, 0.2) is 18.2 Å². The van der Waals surface area contributed by atoms with Gasteiger partial charge < -0.3 is 10.5 Å². The molecule has 13 heavy (non-hydrogen) atoms. The van der Waals surface area contributed by atoms with Gasteiger partial charge in [-0.15, -0.1) is 0 Å². The molecule has 68 valence electrons. The first-order valence-corrected chi connectivity index (χ1v) is 4.04. The quantitative estimate of drug-likeness (QED) is 0.730. The van der Waals surface area contributed by atoms with Crippen molar-refractivity contribution < 1.29 is 9.90 Å². The van der Waals surface area contributed by atoms with Gasteiger partial charge in [-0.3, -0.25) is 0 Å². The molecular formula is C9H8ClNO2. The number of hydrogen-bond acceptors (Lipinski definition) is 2. The zero-order valence-electron chi connectivity index (χ0n) is 6.75. The number of halogens is 1. The Balaban J connectivity index is 3.17. The van der Waals surface area contributed by atoms with E-state index in [0.29, 0.717) is 12.0 Å². The molecule has 1 aromatic rings. The summed E-state index contributed by atoms with van der Waals surface area (Å²) in [6.07, 6.45) is 1.55. The average Bonchev–Trinajstić information content (AvgIpc) is 2.08. The Morgan fingerprint density at radius 2 is 2.31 bits per heavy atom. The van der Waals surface area contributed by atoms with Gasteiger partial charge in [-0.25, -0.2) is 4.79 Å². The van der Waals surface area contributed by atoms with E-state index in [9.17, 15) is 4.79 Å². The van der Waals surface area contributed by atoms with Crippen molar-refractivity contribution in [3.8, 4) is 0 Å². The first kappa shape index (κ1) is 9.74. The lowest BCUT2D eigenvalue weighted by atomic mass is 10.1. The van der Waals surface area contributed by atoms with E-state index >= 15 is 0 Å². The van der Waals surface area contributed by atoms with Gasteiger partial charge in [-0.1, -0.05) is 23.7 Å². The van der Waals surface area contributed by atoms with Crippen LogP contribution < -0.4 is 0 Å². The second-order valence-corrected chi connectivity index (χ2v) is 2.87. The van der Waals surface area contributed by atoms with Crippen molar-refractivity contribution in [1.29, 1.82) is 5.41 Å². The summed E-state index contributed by atoms with van der Waals surface area (Å²) in [6, 6.07) is 4.77. The predicted molar refractivity (Wildman–Crippen MR) is 50.9 cm³/mol. The van der Waals surface area contributed by atoms with Crippen molar-refractivity contribution in [2.75, 3.05) is 0 Å². The van der Waals surface area contributed by atoms with Crippen LogP contribution in [0.3, 0.4) is 0 Å². The molecule has 0 amide bonds. The van der Waals surface area contributed by atoms with Gasteiger partial charge in [0.05, 0.1) is 10.6 Å². The summed E-state index contributed by atoms with van der Waals surface area (Å²) in [5.74, 6) is -1.04. The van der Waals surface area contributed by atoms with Gasteiger partial charge in [-0.05, 0) is 17.8 Å². The third-order valence-corrected chi connectivity index (χ3v) is 2.08. The van der Waals surface area contributed by atoms with Gasteiger partial charge in [0.1, 0.15) is 0 Å². The highest BCUT2D eigenvalue weighted by Crippen LogP contribution is 2.21. The first-order chi connectivity index (χ1) is 6.16. The molecule has 1 aromatic carbocycles. The SMILES string of the molecule is N=CCc1cccc(C(=O)O)c1Cl. The molecule has 0 aliphatic carbocycles. The van der Waals surface area contributed by atoms with Crippen LogP contribution in [0.5, 0.6) is 0 Å². The van der Waals surface area contributed by atoms with Gasteiger partial charge in [0.15, 0.2) is 0 Å². The second-order valence-electron chi connectivity index (χ2n) is 2.49. The first-order valence-electron chi connectivity index (χ1n) is 3.66. The van der Waals surface area contributed by atoms with Gasteiger partial charge in [-0.2, -0.15) is 0 Å². The van der Waals surface area contributed by atoms with E-state index < -0.39 is 5.97 Å². The molecule has 0 spiro atoms. The highest BCUT2D eigenvalue weighted by Gasteiger charge is 2.10. The predicted octanol–water partition coefficient (Wildman–Crippen LogP) is 2.23. The number of benzene rings is 1. The Labute approximate surface area is 80.5 Å². The fourth-order valence-electron chi connectivity index (χ4n) is 1.01. The number of hydrogen-bond donors (Lipinski definition) is 2. The van der Waals surface area contributed by atoms with E-state index in [-0.39, 0.29) is 10.6 Å². The molecular weight excluding hydrogens is 190 g/mol. The maximum atomic E-state index is 10.6. The highest BCUT2D eigenvalue weighted by atomic mass is 35.5. The Kier molecular flexibility index (Phi) is 3.03. The van der Waals surface area contributed by atoms with Crippen LogP contribution in [0.4, 0.5) is 0 Å². The van der Waals surface area contributed by atoms with Crippen molar-refractivity contribution in [2.45, 2.75) is 6.42 Å². The maximum Gasteiger partial charge on any atom is 0.337 e. The number of aromatic carboxylic acids is 1. The summed E-state index contributed by atoms with van der Waals surface area (Å²) in [5, 5.41) is 15.8. The van der Waals surface area contributed by atoms with Crippen molar-refractivity contribution >= 4 is 23.8 Å². The molecule has 0 heterocycles. The molecule has 0 atom stereocenters. The average molecular weight is 198 g/mol. The van der Waals surface area contributed by atoms with Gasteiger partial charge in [0.2, 0.25) is 0 Å². The van der Waals surface area contributed by atoms with Crippen molar-refractivity contribution in [3.63, 3.8) is 0 Å². The topological polar surface area (TPSA) is 61.2 Å². The summed E-state index contributed by atoms with van der Waals surface area (Å²) in [6.45, 7) is 0. The van der Waals surface area contributed by atoms with E-state index in [1.807, 2.05) is 0 Å². The molecule has 0 unspecified atom stereocenters. The van der Waals surface area contributed by atoms with Gasteiger partial charge in [0.25, 0.3) is 0 Å². The number of carboxylic acid groups (broad SMARTS) is 1. The Bertz CT molecular complexity index is 349. The lowest BCUT2D eigenvalue weighted by Gasteiger charge is -2.03.